The maximum atomic E-state index is 12.9. The van der Waals surface area contributed by atoms with Gasteiger partial charge in [0.15, 0.2) is 11.2 Å². The number of fused-ring (bicyclic) bond motifs is 1. The third-order valence-corrected chi connectivity index (χ3v) is 8.10. The summed E-state index contributed by atoms with van der Waals surface area (Å²) in [7, 11) is -1.86. The first-order valence-electron chi connectivity index (χ1n) is 10.9. The summed E-state index contributed by atoms with van der Waals surface area (Å²) in [6, 6.07) is 6.27. The van der Waals surface area contributed by atoms with E-state index in [1.807, 2.05) is 6.92 Å². The molecule has 10 nitrogen and oxygen atoms in total. The number of imidazole rings is 1. The molecule has 12 heteroatoms. The maximum absolute atomic E-state index is 12.9. The Hall–Kier alpha value is -2.47. The fourth-order valence-corrected chi connectivity index (χ4v) is 5.78. The van der Waals surface area contributed by atoms with E-state index in [1.54, 1.807) is 29.8 Å². The molecule has 3 aromatic rings. The Kier molecular flexibility index (Phi) is 6.76. The van der Waals surface area contributed by atoms with E-state index in [0.29, 0.717) is 61.3 Å². The number of piperazine rings is 1. The second-order valence-corrected chi connectivity index (χ2v) is 10.5. The van der Waals surface area contributed by atoms with E-state index in [0.717, 1.165) is 12.8 Å². The number of unbranched alkanes of at least 4 members (excludes halogenated alkanes) is 1. The summed E-state index contributed by atoms with van der Waals surface area (Å²) in [6.07, 6.45) is 1.71. The Morgan fingerprint density at radius 3 is 2.55 bits per heavy atom. The summed E-state index contributed by atoms with van der Waals surface area (Å²) in [5.74, 6) is 0.650. The van der Waals surface area contributed by atoms with Crippen molar-refractivity contribution in [2.24, 2.45) is 7.05 Å². The van der Waals surface area contributed by atoms with Crippen molar-refractivity contribution < 1.29 is 8.42 Å². The van der Waals surface area contributed by atoms with Gasteiger partial charge in [-0.2, -0.15) is 4.31 Å². The summed E-state index contributed by atoms with van der Waals surface area (Å²) >= 11 is 5.97. The molecule has 178 valence electrons. The first-order valence-corrected chi connectivity index (χ1v) is 12.7. The van der Waals surface area contributed by atoms with Crippen LogP contribution in [0.2, 0.25) is 5.02 Å². The van der Waals surface area contributed by atoms with Crippen molar-refractivity contribution in [3.8, 4) is 0 Å². The second-order valence-electron chi connectivity index (χ2n) is 8.16. The zero-order valence-corrected chi connectivity index (χ0v) is 20.2. The van der Waals surface area contributed by atoms with E-state index in [1.165, 1.54) is 14.9 Å². The van der Waals surface area contributed by atoms with Gasteiger partial charge >= 0.3 is 5.69 Å². The van der Waals surface area contributed by atoms with E-state index in [-0.39, 0.29) is 4.90 Å². The van der Waals surface area contributed by atoms with Gasteiger partial charge < -0.3 is 4.57 Å². The van der Waals surface area contributed by atoms with Crippen molar-refractivity contribution in [1.29, 1.82) is 0 Å². The standard InChI is InChI=1S/C21H27ClN6O4S/c1-3-4-8-28-19-18(20(29)24-21(28)30)25(2)17(23-19)14-26-9-11-27(12-10-26)33(31,32)16-7-5-6-15(22)13-16/h5-7,13H,3-4,8-12,14H2,1-2H3,(H,24,29,30). The van der Waals surface area contributed by atoms with Crippen LogP contribution in [0.3, 0.4) is 0 Å². The average Bonchev–Trinajstić information content (AvgIpc) is 3.10. The number of aromatic nitrogens is 4. The molecule has 0 spiro atoms. The Labute approximate surface area is 196 Å². The summed E-state index contributed by atoms with van der Waals surface area (Å²) < 4.78 is 30.5. The van der Waals surface area contributed by atoms with Crippen LogP contribution in [0.5, 0.6) is 0 Å². The molecule has 0 aliphatic carbocycles. The largest absolute Gasteiger partial charge is 0.330 e. The second kappa shape index (κ2) is 9.41. The van der Waals surface area contributed by atoms with E-state index < -0.39 is 21.3 Å². The number of halogens is 1. The molecule has 0 atom stereocenters. The van der Waals surface area contributed by atoms with Crippen LogP contribution in [0.4, 0.5) is 0 Å². The quantitative estimate of drug-likeness (QED) is 0.531. The number of H-pyrrole nitrogens is 1. The number of hydrogen-bond donors (Lipinski definition) is 1. The minimum absolute atomic E-state index is 0.183. The zero-order valence-electron chi connectivity index (χ0n) is 18.6. The Morgan fingerprint density at radius 2 is 1.88 bits per heavy atom. The normalized spacial score (nSPS) is 16.0. The third-order valence-electron chi connectivity index (χ3n) is 5.97. The Bertz CT molecular complexity index is 1390. The predicted octanol–water partition coefficient (Wildman–Crippen LogP) is 1.38. The van der Waals surface area contributed by atoms with Gasteiger partial charge in [-0.1, -0.05) is 31.0 Å². The van der Waals surface area contributed by atoms with Crippen LogP contribution in [-0.4, -0.2) is 62.9 Å². The Balaban J connectivity index is 1.52. The van der Waals surface area contributed by atoms with E-state index in [9.17, 15) is 18.0 Å². The third kappa shape index (κ3) is 4.63. The van der Waals surface area contributed by atoms with Gasteiger partial charge in [0.05, 0.1) is 11.4 Å². The highest BCUT2D eigenvalue weighted by molar-refractivity contribution is 7.89. The van der Waals surface area contributed by atoms with Crippen LogP contribution in [0.25, 0.3) is 11.2 Å². The lowest BCUT2D eigenvalue weighted by molar-refractivity contribution is 0.177. The number of sulfonamides is 1. The SMILES string of the molecule is CCCCn1c(=O)[nH]c(=O)c2c1nc(CN1CCN(S(=O)(=O)c3cccc(Cl)c3)CC1)n2C. The van der Waals surface area contributed by atoms with E-state index >= 15 is 0 Å². The maximum Gasteiger partial charge on any atom is 0.330 e. The van der Waals surface area contributed by atoms with Crippen molar-refractivity contribution in [3.05, 3.63) is 56.0 Å². The lowest BCUT2D eigenvalue weighted by atomic mass is 10.3. The molecule has 33 heavy (non-hydrogen) atoms. The summed E-state index contributed by atoms with van der Waals surface area (Å²) in [4.78, 5) is 34.0. The summed E-state index contributed by atoms with van der Waals surface area (Å²) in [6.45, 7) is 4.66. The topological polar surface area (TPSA) is 113 Å². The molecule has 0 bridgehead atoms. The highest BCUT2D eigenvalue weighted by Gasteiger charge is 2.29. The van der Waals surface area contributed by atoms with E-state index in [2.05, 4.69) is 14.9 Å². The van der Waals surface area contributed by atoms with Gasteiger partial charge in [-0.3, -0.25) is 19.2 Å². The molecule has 1 aliphatic heterocycles. The molecule has 1 aromatic carbocycles. The minimum Gasteiger partial charge on any atom is -0.324 e. The molecule has 2 aromatic heterocycles. The number of nitrogens with one attached hydrogen (secondary N) is 1. The highest BCUT2D eigenvalue weighted by Crippen LogP contribution is 2.21. The molecule has 1 saturated heterocycles. The van der Waals surface area contributed by atoms with Gasteiger partial charge in [0.1, 0.15) is 5.82 Å². The number of benzene rings is 1. The highest BCUT2D eigenvalue weighted by atomic mass is 35.5. The predicted molar refractivity (Wildman–Crippen MR) is 126 cm³/mol. The fourth-order valence-electron chi connectivity index (χ4n) is 4.06. The number of nitrogens with zero attached hydrogens (tertiary/aromatic N) is 5. The molecule has 0 saturated carbocycles. The van der Waals surface area contributed by atoms with Crippen molar-refractivity contribution in [2.45, 2.75) is 37.8 Å². The molecular formula is C21H27ClN6O4S. The van der Waals surface area contributed by atoms with Crippen LogP contribution in [0.1, 0.15) is 25.6 Å². The van der Waals surface area contributed by atoms with Crippen LogP contribution in [0.15, 0.2) is 38.8 Å². The van der Waals surface area contributed by atoms with Crippen LogP contribution >= 0.6 is 11.6 Å². The summed E-state index contributed by atoms with van der Waals surface area (Å²) in [5, 5.41) is 0.379. The molecular weight excluding hydrogens is 468 g/mol. The number of aromatic amines is 1. The first kappa shape index (κ1) is 23.7. The first-order chi connectivity index (χ1) is 15.7. The molecule has 4 rings (SSSR count). The number of aryl methyl sites for hydroxylation is 2. The van der Waals surface area contributed by atoms with Crippen molar-refractivity contribution in [1.82, 2.24) is 28.3 Å². The fraction of sp³-hybridized carbons (Fsp3) is 0.476. The van der Waals surface area contributed by atoms with Crippen LogP contribution in [-0.2, 0) is 30.2 Å². The van der Waals surface area contributed by atoms with Gasteiger partial charge in [0.25, 0.3) is 5.56 Å². The van der Waals surface area contributed by atoms with Gasteiger partial charge in [-0.25, -0.2) is 18.2 Å². The monoisotopic (exact) mass is 494 g/mol. The molecule has 3 heterocycles. The number of rotatable bonds is 7. The summed E-state index contributed by atoms with van der Waals surface area (Å²) in [5.41, 5.74) is -0.161. The van der Waals surface area contributed by atoms with Gasteiger partial charge in [0.2, 0.25) is 10.0 Å². The van der Waals surface area contributed by atoms with Crippen molar-refractivity contribution >= 4 is 32.8 Å². The van der Waals surface area contributed by atoms with Crippen molar-refractivity contribution in [3.63, 3.8) is 0 Å². The average molecular weight is 495 g/mol. The minimum atomic E-state index is -3.62. The van der Waals surface area contributed by atoms with Gasteiger partial charge in [-0.05, 0) is 24.6 Å². The number of hydrogen-bond acceptors (Lipinski definition) is 6. The smallest absolute Gasteiger partial charge is 0.324 e. The molecule has 1 fully saturated rings. The van der Waals surface area contributed by atoms with Crippen LogP contribution in [0, 0.1) is 0 Å². The molecule has 0 amide bonds. The Morgan fingerprint density at radius 1 is 1.15 bits per heavy atom. The lowest BCUT2D eigenvalue weighted by Crippen LogP contribution is -2.48. The van der Waals surface area contributed by atoms with Crippen LogP contribution < -0.4 is 11.2 Å². The lowest BCUT2D eigenvalue weighted by Gasteiger charge is -2.33. The molecule has 0 unspecified atom stereocenters. The van der Waals surface area contributed by atoms with E-state index in [4.69, 9.17) is 11.6 Å². The zero-order chi connectivity index (χ0) is 23.8. The molecule has 1 N–H and O–H groups in total. The molecule has 1 aliphatic rings. The van der Waals surface area contributed by atoms with Gasteiger partial charge in [0, 0.05) is 44.8 Å². The van der Waals surface area contributed by atoms with Crippen molar-refractivity contribution in [2.75, 3.05) is 26.2 Å². The molecule has 0 radical (unpaired) electrons. The van der Waals surface area contributed by atoms with Gasteiger partial charge in [-0.15, -0.1) is 0 Å².